The highest BCUT2D eigenvalue weighted by Gasteiger charge is 2.20. The molecular weight excluding hydrogens is 458 g/mol. The van der Waals surface area contributed by atoms with E-state index in [1.165, 1.54) is 28.2 Å². The largest absolute Gasteiger partial charge is 0.338 e. The first-order valence-electron chi connectivity index (χ1n) is 10.2. The SMILES string of the molecule is CCN(Cc1ccc(Cl)s1)C(=O)CCSCc1nc2sc3c(c2c(=O)[nH]1)CCCC3. The predicted molar refractivity (Wildman–Crippen MR) is 128 cm³/mol. The van der Waals surface area contributed by atoms with Crippen molar-refractivity contribution in [3.63, 3.8) is 0 Å². The summed E-state index contributed by atoms with van der Waals surface area (Å²) in [6.07, 6.45) is 4.87. The maximum Gasteiger partial charge on any atom is 0.259 e. The van der Waals surface area contributed by atoms with Gasteiger partial charge < -0.3 is 9.88 Å². The Bertz CT molecular complexity index is 1100. The van der Waals surface area contributed by atoms with Crippen LogP contribution in [-0.4, -0.2) is 33.1 Å². The molecule has 0 radical (unpaired) electrons. The fourth-order valence-corrected chi connectivity index (χ4v) is 6.94. The van der Waals surface area contributed by atoms with Crippen molar-refractivity contribution in [2.45, 2.75) is 51.3 Å². The average Bonchev–Trinajstić information content (AvgIpc) is 3.32. The normalized spacial score (nSPS) is 13.5. The first-order valence-corrected chi connectivity index (χ1v) is 13.3. The van der Waals surface area contributed by atoms with Crippen molar-refractivity contribution in [2.75, 3.05) is 12.3 Å². The second-order valence-corrected chi connectivity index (χ2v) is 11.3. The van der Waals surface area contributed by atoms with E-state index in [9.17, 15) is 9.59 Å². The summed E-state index contributed by atoms with van der Waals surface area (Å²) in [6.45, 7) is 3.27. The highest BCUT2D eigenvalue weighted by molar-refractivity contribution is 7.98. The third-order valence-electron chi connectivity index (χ3n) is 5.28. The van der Waals surface area contributed by atoms with Gasteiger partial charge in [0.1, 0.15) is 10.7 Å². The number of H-pyrrole nitrogens is 1. The monoisotopic (exact) mass is 481 g/mol. The molecule has 3 heterocycles. The van der Waals surface area contributed by atoms with Gasteiger partial charge in [-0.3, -0.25) is 9.59 Å². The first-order chi connectivity index (χ1) is 14.5. The van der Waals surface area contributed by atoms with Gasteiger partial charge in [0, 0.05) is 28.5 Å². The Kier molecular flexibility index (Phi) is 7.18. The van der Waals surface area contributed by atoms with Crippen LogP contribution in [0.1, 0.15) is 47.3 Å². The quantitative estimate of drug-likeness (QED) is 0.446. The predicted octanol–water partition coefficient (Wildman–Crippen LogP) is 5.25. The fourth-order valence-electron chi connectivity index (χ4n) is 3.76. The van der Waals surface area contributed by atoms with E-state index in [-0.39, 0.29) is 11.5 Å². The number of aryl methyl sites for hydroxylation is 2. The number of rotatable bonds is 8. The summed E-state index contributed by atoms with van der Waals surface area (Å²) < 4.78 is 0.745. The zero-order valence-electron chi connectivity index (χ0n) is 16.8. The summed E-state index contributed by atoms with van der Waals surface area (Å²) in [7, 11) is 0. The van der Waals surface area contributed by atoms with Gasteiger partial charge in [-0.1, -0.05) is 11.6 Å². The molecule has 9 heteroatoms. The van der Waals surface area contributed by atoms with Crippen LogP contribution in [-0.2, 0) is 29.9 Å². The van der Waals surface area contributed by atoms with E-state index in [2.05, 4.69) is 4.98 Å². The number of fused-ring (bicyclic) bond motifs is 3. The van der Waals surface area contributed by atoms with E-state index in [0.29, 0.717) is 36.8 Å². The van der Waals surface area contributed by atoms with E-state index < -0.39 is 0 Å². The Morgan fingerprint density at radius 3 is 2.90 bits per heavy atom. The third-order valence-corrected chi connectivity index (χ3v) is 8.66. The molecule has 1 N–H and O–H groups in total. The van der Waals surface area contributed by atoms with Gasteiger partial charge in [-0.25, -0.2) is 4.98 Å². The molecule has 5 nitrogen and oxygen atoms in total. The maximum absolute atomic E-state index is 12.6. The lowest BCUT2D eigenvalue weighted by Gasteiger charge is -2.20. The number of carbonyl (C=O) groups is 1. The first kappa shape index (κ1) is 21.9. The van der Waals surface area contributed by atoms with Crippen LogP contribution in [0.5, 0.6) is 0 Å². The molecule has 30 heavy (non-hydrogen) atoms. The fraction of sp³-hybridized carbons (Fsp3) is 0.476. The van der Waals surface area contributed by atoms with Gasteiger partial charge in [-0.05, 0) is 50.3 Å². The minimum absolute atomic E-state index is 0.0159. The number of amides is 1. The summed E-state index contributed by atoms with van der Waals surface area (Å²) in [6, 6.07) is 3.84. The molecule has 3 aromatic heterocycles. The number of nitrogens with one attached hydrogen (secondary N) is 1. The van der Waals surface area contributed by atoms with Crippen LogP contribution in [0.3, 0.4) is 0 Å². The van der Waals surface area contributed by atoms with Gasteiger partial charge in [0.15, 0.2) is 0 Å². The number of aromatic nitrogens is 2. The smallest absolute Gasteiger partial charge is 0.259 e. The molecule has 0 bridgehead atoms. The van der Waals surface area contributed by atoms with Gasteiger partial charge in [0.25, 0.3) is 5.56 Å². The number of thioether (sulfide) groups is 1. The molecule has 0 fully saturated rings. The van der Waals surface area contributed by atoms with Crippen LogP contribution in [0.15, 0.2) is 16.9 Å². The van der Waals surface area contributed by atoms with Crippen molar-refractivity contribution in [3.05, 3.63) is 48.0 Å². The van der Waals surface area contributed by atoms with Gasteiger partial charge in [0.2, 0.25) is 5.91 Å². The van der Waals surface area contributed by atoms with E-state index in [1.54, 1.807) is 23.1 Å². The minimum atomic E-state index is -0.0159. The molecule has 0 saturated heterocycles. The molecule has 1 aliphatic carbocycles. The number of halogens is 1. The molecule has 1 aliphatic rings. The van der Waals surface area contributed by atoms with Crippen LogP contribution in [0.25, 0.3) is 10.2 Å². The van der Waals surface area contributed by atoms with Crippen molar-refractivity contribution >= 4 is 62.2 Å². The van der Waals surface area contributed by atoms with Crippen LogP contribution < -0.4 is 5.56 Å². The van der Waals surface area contributed by atoms with Gasteiger partial charge in [0.05, 0.1) is 22.0 Å². The van der Waals surface area contributed by atoms with E-state index >= 15 is 0 Å². The van der Waals surface area contributed by atoms with E-state index in [1.807, 2.05) is 24.0 Å². The lowest BCUT2D eigenvalue weighted by Crippen LogP contribution is -2.30. The molecular formula is C21H24ClN3O2S3. The summed E-state index contributed by atoms with van der Waals surface area (Å²) in [4.78, 5) is 38.0. The second-order valence-electron chi connectivity index (χ2n) is 7.32. The standard InChI is InChI=1S/C21H24ClN3O2S3/c1-2-25(11-13-7-8-16(22)29-13)18(26)9-10-28-12-17-23-20(27)19-14-5-3-4-6-15(14)30-21(19)24-17/h7-8H,2-6,9-12H2,1H3,(H,23,24,27). The van der Waals surface area contributed by atoms with Crippen molar-refractivity contribution < 1.29 is 4.79 Å². The van der Waals surface area contributed by atoms with Gasteiger partial charge in [-0.2, -0.15) is 11.8 Å². The molecule has 1 amide bonds. The second kappa shape index (κ2) is 9.85. The van der Waals surface area contributed by atoms with Crippen molar-refractivity contribution in [1.82, 2.24) is 14.9 Å². The van der Waals surface area contributed by atoms with Crippen LogP contribution >= 0.6 is 46.0 Å². The number of hydrogen-bond acceptors (Lipinski definition) is 6. The summed E-state index contributed by atoms with van der Waals surface area (Å²) in [5.41, 5.74) is 1.20. The Morgan fingerprint density at radius 2 is 2.13 bits per heavy atom. The molecule has 0 unspecified atom stereocenters. The molecule has 4 rings (SSSR count). The molecule has 0 aromatic carbocycles. The highest BCUT2D eigenvalue weighted by atomic mass is 35.5. The maximum atomic E-state index is 12.6. The Morgan fingerprint density at radius 1 is 1.30 bits per heavy atom. The van der Waals surface area contributed by atoms with Crippen molar-refractivity contribution in [3.8, 4) is 0 Å². The lowest BCUT2D eigenvalue weighted by molar-refractivity contribution is -0.131. The molecule has 3 aromatic rings. The van der Waals surface area contributed by atoms with Gasteiger partial charge >= 0.3 is 0 Å². The Balaban J connectivity index is 1.32. The van der Waals surface area contributed by atoms with Crippen molar-refractivity contribution in [1.29, 1.82) is 0 Å². The molecule has 0 aliphatic heterocycles. The van der Waals surface area contributed by atoms with Crippen LogP contribution in [0.4, 0.5) is 0 Å². The molecule has 160 valence electrons. The number of aromatic amines is 1. The van der Waals surface area contributed by atoms with Gasteiger partial charge in [-0.15, -0.1) is 22.7 Å². The van der Waals surface area contributed by atoms with Crippen molar-refractivity contribution in [2.24, 2.45) is 0 Å². The summed E-state index contributed by atoms with van der Waals surface area (Å²) >= 11 is 10.8. The zero-order chi connectivity index (χ0) is 21.1. The molecule has 0 spiro atoms. The number of nitrogens with zero attached hydrogens (tertiary/aromatic N) is 2. The summed E-state index contributed by atoms with van der Waals surface area (Å²) in [5.74, 6) is 2.14. The number of thiophene rings is 2. The Labute approximate surface area is 192 Å². The lowest BCUT2D eigenvalue weighted by atomic mass is 9.97. The Hall–Kier alpha value is -1.35. The topological polar surface area (TPSA) is 66.1 Å². The summed E-state index contributed by atoms with van der Waals surface area (Å²) in [5, 5.41) is 0.797. The zero-order valence-corrected chi connectivity index (χ0v) is 20.0. The van der Waals surface area contributed by atoms with Crippen LogP contribution in [0, 0.1) is 0 Å². The van der Waals surface area contributed by atoms with Crippen LogP contribution in [0.2, 0.25) is 4.34 Å². The number of hydrogen-bond donors (Lipinski definition) is 1. The molecule has 0 saturated carbocycles. The van der Waals surface area contributed by atoms with E-state index in [0.717, 1.165) is 38.7 Å². The third kappa shape index (κ3) is 4.93. The highest BCUT2D eigenvalue weighted by Crippen LogP contribution is 2.33. The van der Waals surface area contributed by atoms with E-state index in [4.69, 9.17) is 16.6 Å². The minimum Gasteiger partial charge on any atom is -0.338 e. The molecule has 0 atom stereocenters. The number of carbonyl (C=O) groups excluding carboxylic acids is 1. The average molecular weight is 482 g/mol.